The first-order valence-corrected chi connectivity index (χ1v) is 46.6. The van der Waals surface area contributed by atoms with Crippen molar-refractivity contribution in [3.05, 3.63) is 50.1 Å². The van der Waals surface area contributed by atoms with Gasteiger partial charge < -0.3 is 106 Å². The third kappa shape index (κ3) is 49.4. The number of aliphatic carboxylic acids is 1. The van der Waals surface area contributed by atoms with Crippen LogP contribution in [0.4, 0.5) is 4.79 Å². The molecule has 4 heterocycles. The van der Waals surface area contributed by atoms with E-state index in [0.29, 0.717) is 89.3 Å². The van der Waals surface area contributed by atoms with Crippen LogP contribution in [-0.4, -0.2) is 261 Å². The molecule has 4 aliphatic heterocycles. The Morgan fingerprint density at radius 2 is 0.645 bits per heavy atom. The molecule has 0 aromatic heterocycles. The lowest BCUT2D eigenvalue weighted by Crippen LogP contribution is -2.39. The fourth-order valence-electron chi connectivity index (χ4n) is 9.88. The summed E-state index contributed by atoms with van der Waals surface area (Å²) in [6.07, 6.45) is 4.88. The maximum absolute atomic E-state index is 12.1. The zero-order valence-corrected chi connectivity index (χ0v) is 86.8. The molecule has 2 bridgehead atoms. The minimum atomic E-state index is -1.02. The van der Waals surface area contributed by atoms with Crippen molar-refractivity contribution in [3.8, 4) is 0 Å². The van der Waals surface area contributed by atoms with Crippen molar-refractivity contribution >= 4 is 102 Å². The molecule has 0 amide bonds. The van der Waals surface area contributed by atoms with Crippen LogP contribution < -0.4 is 0 Å². The summed E-state index contributed by atoms with van der Waals surface area (Å²) in [5.41, 5.74) is -4.58. The third-order valence-electron chi connectivity index (χ3n) is 24.1. The molecule has 0 radical (unpaired) electrons. The Balaban J connectivity index is -0.00000149. The molecule has 792 valence electrons. The van der Waals surface area contributed by atoms with Gasteiger partial charge in [0.1, 0.15) is 103 Å². The van der Waals surface area contributed by atoms with Crippen LogP contribution in [0.3, 0.4) is 0 Å². The van der Waals surface area contributed by atoms with Crippen molar-refractivity contribution in [2.24, 2.45) is 66.5 Å². The second kappa shape index (κ2) is 62.6. The standard InChI is InChI=1S/C14H20O4.C13H22O5.3C12H20O5.C10H16O5.2C10H16O4.C6H12O2/c1-4-14(2,3)13(16)18-10-7-5-8-9(6-7)12(15)17-11(8)10;1-6-13(4,5)12(16)18-8-10(14)7-17-11(15)9(2)3;3*1-5-10(14)16-7-9(13)8-17-11(15)12(3,4)6-2;1-4-10(2,3)8(11)13-5-7-6-14-9(12)15-7;2*1-4-10(2,3)9(12)14-7-5-6-13-8(7)11;1-4-6(2,3)5(7)8/h7-11H,4-6H2,1-3H3;10,14H,2,6-8H2,1,3-5H3;3*5,9,13H,1,6-8H2,2-4H3;7H,4-6H2,1-3H3;2*7H,4-6H2,1-3H3;4H2,1-3H3,(H,7,8). The van der Waals surface area contributed by atoms with Crippen LogP contribution in [0.1, 0.15) is 277 Å². The van der Waals surface area contributed by atoms with Gasteiger partial charge >= 0.3 is 102 Å². The van der Waals surface area contributed by atoms with E-state index in [1.54, 1.807) is 96.9 Å². The Kier molecular flexibility index (Phi) is 59.8. The van der Waals surface area contributed by atoms with Crippen molar-refractivity contribution in [3.63, 3.8) is 0 Å². The Labute approximate surface area is 813 Å². The molecule has 6 aliphatic rings. The zero-order valence-electron chi connectivity index (χ0n) is 86.8. The lowest BCUT2D eigenvalue weighted by molar-refractivity contribution is -0.170. The molecule has 2 aliphatic carbocycles. The van der Waals surface area contributed by atoms with Gasteiger partial charge in [0.25, 0.3) is 0 Å². The van der Waals surface area contributed by atoms with E-state index < -0.39 is 139 Å². The topological polar surface area (TPSA) is 548 Å². The molecule has 6 rings (SSSR count). The molecule has 0 aromatic rings. The number of cyclic esters (lactones) is 4. The Morgan fingerprint density at radius 3 is 0.891 bits per heavy atom. The van der Waals surface area contributed by atoms with Crippen LogP contribution in [0, 0.1) is 66.5 Å². The van der Waals surface area contributed by atoms with Crippen LogP contribution in [-0.2, 0) is 157 Å². The summed E-state index contributed by atoms with van der Waals surface area (Å²) in [5, 5.41) is 46.1. The van der Waals surface area contributed by atoms with Crippen LogP contribution in [0.2, 0.25) is 0 Å². The number of fused-ring (bicyclic) bond motifs is 1. The fraction of sp³-hybridized carbons (Fsp3) is 0.747. The molecule has 39 heteroatoms. The summed E-state index contributed by atoms with van der Waals surface area (Å²) in [6.45, 7) is 63.1. The van der Waals surface area contributed by atoms with Gasteiger partial charge in [-0.15, -0.1) is 0 Å². The Morgan fingerprint density at radius 1 is 0.370 bits per heavy atom. The molecular weight excluding hydrogens is 1810 g/mol. The zero-order chi connectivity index (χ0) is 108. The monoisotopic (exact) mass is 1980 g/mol. The molecule has 4 saturated heterocycles. The highest BCUT2D eigenvalue weighted by Gasteiger charge is 2.63. The number of aliphatic hydroxyl groups is 4. The predicted molar refractivity (Wildman–Crippen MR) is 499 cm³/mol. The molecule has 5 N–H and O–H groups in total. The first kappa shape index (κ1) is 132. The Hall–Kier alpha value is -10.4. The highest BCUT2D eigenvalue weighted by molar-refractivity contribution is 5.87. The van der Waals surface area contributed by atoms with Crippen molar-refractivity contribution in [1.29, 1.82) is 0 Å². The van der Waals surface area contributed by atoms with Gasteiger partial charge in [-0.05, 0) is 202 Å². The molecule has 12 atom stereocenters. The van der Waals surface area contributed by atoms with Gasteiger partial charge in [-0.3, -0.25) is 47.9 Å². The highest BCUT2D eigenvalue weighted by Crippen LogP contribution is 2.56. The molecule has 138 heavy (non-hydrogen) atoms. The van der Waals surface area contributed by atoms with Gasteiger partial charge in [0.2, 0.25) is 12.2 Å². The van der Waals surface area contributed by atoms with E-state index in [1.165, 1.54) is 6.92 Å². The second-order valence-corrected chi connectivity index (χ2v) is 39.2. The number of rotatable bonds is 43. The average Bonchev–Trinajstić information content (AvgIpc) is 1.57. The summed E-state index contributed by atoms with van der Waals surface area (Å²) >= 11 is 0. The Bertz CT molecular complexity index is 3780. The van der Waals surface area contributed by atoms with Crippen LogP contribution in [0.5, 0.6) is 0 Å². The molecule has 2 saturated carbocycles. The molecule has 12 unspecified atom stereocenters. The summed E-state index contributed by atoms with van der Waals surface area (Å²) in [6, 6.07) is 0. The van der Waals surface area contributed by atoms with E-state index in [9.17, 15) is 102 Å². The third-order valence-corrected chi connectivity index (χ3v) is 24.1. The summed E-state index contributed by atoms with van der Waals surface area (Å²) in [5.74, 6) is -6.02. The van der Waals surface area contributed by atoms with Crippen molar-refractivity contribution in [2.45, 2.75) is 332 Å². The van der Waals surface area contributed by atoms with Gasteiger partial charge in [0, 0.05) is 48.5 Å². The number of ether oxygens (including phenoxy) is 17. The number of hydrogen-bond donors (Lipinski definition) is 5. The molecule has 0 spiro atoms. The number of carbonyl (C=O) groups is 17. The average molecular weight is 1980 g/mol. The number of carbonyl (C=O) groups excluding carboxylic acids is 16. The van der Waals surface area contributed by atoms with E-state index in [-0.39, 0.29) is 143 Å². The normalized spacial score (nSPS) is 19.1. The number of hydrogen-bond acceptors (Lipinski definition) is 38. The van der Waals surface area contributed by atoms with Gasteiger partial charge in [-0.1, -0.05) is 88.6 Å². The lowest BCUT2D eigenvalue weighted by atomic mass is 9.87. The van der Waals surface area contributed by atoms with Crippen LogP contribution in [0.15, 0.2) is 50.1 Å². The number of aliphatic hydroxyl groups excluding tert-OH is 4. The molecular formula is C99H162O39. The second-order valence-electron chi connectivity index (χ2n) is 39.2. The number of esters is 15. The SMILES string of the molecule is C=C(C)C(=O)OCC(O)COC(=O)C(C)(C)CC.C=CC(=O)OCC(O)COC(=O)C(C)(C)CC.C=CC(=O)OCC(O)COC(=O)C(C)(C)CC.C=CC(=O)OCC(O)COC(=O)C(C)(C)CC.CCC(C)(C)C(=O)O.CCC(C)(C)C(=O)OC1C2CC3C(=O)OC1C3C2.CCC(C)(C)C(=O)OC1CCOC1=O.CCC(C)(C)C(=O)OC1CCOC1=O.CCC(C)(C)C(=O)OCC1COC(=O)O1. The lowest BCUT2D eigenvalue weighted by Gasteiger charge is -2.29. The van der Waals surface area contributed by atoms with E-state index in [0.717, 1.165) is 37.5 Å². The van der Waals surface area contributed by atoms with E-state index >= 15 is 0 Å². The minimum absolute atomic E-state index is 0.0635. The van der Waals surface area contributed by atoms with Crippen LogP contribution >= 0.6 is 0 Å². The maximum Gasteiger partial charge on any atom is 0.508 e. The van der Waals surface area contributed by atoms with E-state index in [2.05, 4.69) is 45.3 Å². The van der Waals surface area contributed by atoms with Crippen LogP contribution in [0.25, 0.3) is 0 Å². The smallest absolute Gasteiger partial charge is 0.481 e. The molecule has 39 nitrogen and oxygen atoms in total. The quantitative estimate of drug-likeness (QED) is 0.0215. The first-order chi connectivity index (χ1) is 63.5. The van der Waals surface area contributed by atoms with Crippen molar-refractivity contribution < 1.29 is 188 Å². The number of carboxylic acid groups (broad SMARTS) is 1. The fourth-order valence-corrected chi connectivity index (χ4v) is 9.88. The highest BCUT2D eigenvalue weighted by atomic mass is 16.8. The maximum atomic E-state index is 12.1. The van der Waals surface area contributed by atoms with Crippen molar-refractivity contribution in [1.82, 2.24) is 0 Å². The van der Waals surface area contributed by atoms with Gasteiger partial charge in [-0.2, -0.15) is 0 Å². The van der Waals surface area contributed by atoms with Gasteiger partial charge in [0.15, 0.2) is 6.10 Å². The predicted octanol–water partition coefficient (Wildman–Crippen LogP) is 12.1. The summed E-state index contributed by atoms with van der Waals surface area (Å²) in [4.78, 5) is 191. The molecule has 0 aromatic carbocycles. The van der Waals surface area contributed by atoms with Gasteiger partial charge in [-0.25, -0.2) is 33.6 Å². The van der Waals surface area contributed by atoms with Gasteiger partial charge in [0.05, 0.1) is 67.9 Å². The summed E-state index contributed by atoms with van der Waals surface area (Å²) < 4.78 is 83.1. The first-order valence-electron chi connectivity index (χ1n) is 46.6. The van der Waals surface area contributed by atoms with E-state index in [1.807, 2.05) is 90.0 Å². The number of carboxylic acids is 1. The van der Waals surface area contributed by atoms with Crippen molar-refractivity contribution in [2.75, 3.05) is 79.3 Å². The largest absolute Gasteiger partial charge is 0.508 e. The summed E-state index contributed by atoms with van der Waals surface area (Å²) in [7, 11) is 0. The molecule has 6 fully saturated rings. The van der Waals surface area contributed by atoms with E-state index in [4.69, 9.17) is 66.7 Å². The minimum Gasteiger partial charge on any atom is -0.481 e.